The summed E-state index contributed by atoms with van der Waals surface area (Å²) >= 11 is 0. The lowest BCUT2D eigenvalue weighted by Crippen LogP contribution is -2.32. The van der Waals surface area contributed by atoms with Gasteiger partial charge in [0.05, 0.1) is 18.0 Å². The maximum Gasteiger partial charge on any atom is 0.232 e. The molecule has 0 unspecified atom stereocenters. The van der Waals surface area contributed by atoms with E-state index in [1.807, 2.05) is 6.92 Å². The Hall–Kier alpha value is -2.41. The third-order valence-corrected chi connectivity index (χ3v) is 6.47. The molecule has 0 heterocycles. The number of sulfonamides is 1. The number of hydrogen-bond donors (Lipinski definition) is 1. The van der Waals surface area contributed by atoms with Gasteiger partial charge in [-0.1, -0.05) is 18.2 Å². The van der Waals surface area contributed by atoms with Crippen LogP contribution in [0.1, 0.15) is 48.9 Å². The SMILES string of the molecule is C[C@H](NC(=O)CCCN(c1ccc(F)cc1)S(C)(=O)=O)c1ccc2c(c1)CCC2. The number of nitrogens with one attached hydrogen (secondary N) is 1. The van der Waals surface area contributed by atoms with Gasteiger partial charge in [-0.05, 0) is 73.6 Å². The average Bonchev–Trinajstić information content (AvgIpc) is 3.13. The van der Waals surface area contributed by atoms with Gasteiger partial charge in [0, 0.05) is 13.0 Å². The lowest BCUT2D eigenvalue weighted by Gasteiger charge is -2.22. The molecule has 1 atom stereocenters. The summed E-state index contributed by atoms with van der Waals surface area (Å²) in [4.78, 5) is 12.3. The van der Waals surface area contributed by atoms with Crippen molar-refractivity contribution < 1.29 is 17.6 Å². The molecule has 0 radical (unpaired) electrons. The first-order valence-electron chi connectivity index (χ1n) is 9.88. The van der Waals surface area contributed by atoms with Gasteiger partial charge in [0.1, 0.15) is 5.82 Å². The summed E-state index contributed by atoms with van der Waals surface area (Å²) in [5.41, 5.74) is 4.24. The van der Waals surface area contributed by atoms with Gasteiger partial charge in [0.25, 0.3) is 0 Å². The van der Waals surface area contributed by atoms with Gasteiger partial charge in [0.2, 0.25) is 15.9 Å². The van der Waals surface area contributed by atoms with E-state index in [0.717, 1.165) is 24.7 Å². The van der Waals surface area contributed by atoms with Crippen molar-refractivity contribution in [2.75, 3.05) is 17.1 Å². The van der Waals surface area contributed by atoms with Crippen LogP contribution in [0, 0.1) is 5.82 Å². The molecule has 0 fully saturated rings. The number of carbonyl (C=O) groups excluding carboxylic acids is 1. The van der Waals surface area contributed by atoms with Crippen LogP contribution < -0.4 is 9.62 Å². The highest BCUT2D eigenvalue weighted by Crippen LogP contribution is 2.25. The molecule has 5 nitrogen and oxygen atoms in total. The van der Waals surface area contributed by atoms with Crippen LogP contribution in [0.5, 0.6) is 0 Å². The molecule has 1 N–H and O–H groups in total. The number of anilines is 1. The van der Waals surface area contributed by atoms with E-state index in [1.165, 1.54) is 46.1 Å². The van der Waals surface area contributed by atoms with E-state index < -0.39 is 15.8 Å². The third kappa shape index (κ3) is 5.56. The van der Waals surface area contributed by atoms with Crippen molar-refractivity contribution in [3.05, 3.63) is 65.0 Å². The zero-order chi connectivity index (χ0) is 21.0. The second-order valence-electron chi connectivity index (χ2n) is 7.59. The minimum Gasteiger partial charge on any atom is -0.350 e. The van der Waals surface area contributed by atoms with Crippen molar-refractivity contribution in [3.63, 3.8) is 0 Å². The highest BCUT2D eigenvalue weighted by molar-refractivity contribution is 7.92. The number of amides is 1. The van der Waals surface area contributed by atoms with Gasteiger partial charge >= 0.3 is 0 Å². The smallest absolute Gasteiger partial charge is 0.232 e. The molecule has 0 spiro atoms. The normalized spacial score (nSPS) is 14.3. The fraction of sp³-hybridized carbons (Fsp3) is 0.409. The van der Waals surface area contributed by atoms with Crippen molar-refractivity contribution in [2.45, 2.75) is 45.1 Å². The summed E-state index contributed by atoms with van der Waals surface area (Å²) in [6.07, 6.45) is 5.09. The van der Waals surface area contributed by atoms with Gasteiger partial charge in [-0.25, -0.2) is 12.8 Å². The van der Waals surface area contributed by atoms with Crippen molar-refractivity contribution in [1.29, 1.82) is 0 Å². The zero-order valence-electron chi connectivity index (χ0n) is 16.8. The number of carbonyl (C=O) groups is 1. The van der Waals surface area contributed by atoms with Crippen LogP contribution in [0.15, 0.2) is 42.5 Å². The first-order valence-corrected chi connectivity index (χ1v) is 11.7. The Morgan fingerprint density at radius 2 is 1.83 bits per heavy atom. The van der Waals surface area contributed by atoms with Crippen molar-refractivity contribution in [2.24, 2.45) is 0 Å². The molecule has 1 aliphatic carbocycles. The highest BCUT2D eigenvalue weighted by Gasteiger charge is 2.19. The molecule has 0 saturated carbocycles. The molecule has 2 aromatic rings. The second kappa shape index (κ2) is 8.95. The predicted molar refractivity (Wildman–Crippen MR) is 113 cm³/mol. The van der Waals surface area contributed by atoms with Crippen LogP contribution in [-0.4, -0.2) is 27.1 Å². The van der Waals surface area contributed by atoms with E-state index in [9.17, 15) is 17.6 Å². The first kappa shape index (κ1) is 21.3. The Morgan fingerprint density at radius 3 is 2.52 bits per heavy atom. The van der Waals surface area contributed by atoms with Crippen LogP contribution in [0.2, 0.25) is 0 Å². The lowest BCUT2D eigenvalue weighted by atomic mass is 10.0. The van der Waals surface area contributed by atoms with Crippen LogP contribution in [0.25, 0.3) is 0 Å². The first-order chi connectivity index (χ1) is 13.7. The Morgan fingerprint density at radius 1 is 1.14 bits per heavy atom. The summed E-state index contributed by atoms with van der Waals surface area (Å²) in [5, 5.41) is 2.99. The van der Waals surface area contributed by atoms with Gasteiger partial charge in [0.15, 0.2) is 0 Å². The number of hydrogen-bond acceptors (Lipinski definition) is 3. The molecular formula is C22H27FN2O3S. The summed E-state index contributed by atoms with van der Waals surface area (Å²) in [5.74, 6) is -0.548. The summed E-state index contributed by atoms with van der Waals surface area (Å²) < 4.78 is 38.5. The van der Waals surface area contributed by atoms with Crippen LogP contribution >= 0.6 is 0 Å². The van der Waals surface area contributed by atoms with Gasteiger partial charge < -0.3 is 5.32 Å². The van der Waals surface area contributed by atoms with Crippen LogP contribution in [0.3, 0.4) is 0 Å². The largest absolute Gasteiger partial charge is 0.350 e. The van der Waals surface area contributed by atoms with Gasteiger partial charge in [-0.2, -0.15) is 0 Å². The van der Waals surface area contributed by atoms with E-state index in [1.54, 1.807) is 0 Å². The molecule has 7 heteroatoms. The molecule has 1 amide bonds. The van der Waals surface area contributed by atoms with E-state index in [-0.39, 0.29) is 24.9 Å². The fourth-order valence-electron chi connectivity index (χ4n) is 3.74. The van der Waals surface area contributed by atoms with Crippen LogP contribution in [0.4, 0.5) is 10.1 Å². The summed E-state index contributed by atoms with van der Waals surface area (Å²) in [6.45, 7) is 2.11. The molecule has 156 valence electrons. The molecule has 3 rings (SSSR count). The molecule has 2 aromatic carbocycles. The second-order valence-corrected chi connectivity index (χ2v) is 9.49. The quantitative estimate of drug-likeness (QED) is 0.710. The molecule has 29 heavy (non-hydrogen) atoms. The Balaban J connectivity index is 1.54. The number of rotatable bonds is 8. The molecule has 0 aromatic heterocycles. The number of nitrogens with zero attached hydrogens (tertiary/aromatic N) is 1. The Labute approximate surface area is 172 Å². The lowest BCUT2D eigenvalue weighted by molar-refractivity contribution is -0.121. The van der Waals surface area contributed by atoms with E-state index in [0.29, 0.717) is 12.1 Å². The van der Waals surface area contributed by atoms with Gasteiger partial charge in [-0.3, -0.25) is 9.10 Å². The van der Waals surface area contributed by atoms with Gasteiger partial charge in [-0.15, -0.1) is 0 Å². The molecule has 0 saturated heterocycles. The topological polar surface area (TPSA) is 66.5 Å². The number of fused-ring (bicyclic) bond motifs is 1. The monoisotopic (exact) mass is 418 g/mol. The maximum absolute atomic E-state index is 13.1. The number of halogens is 1. The molecule has 0 bridgehead atoms. The number of benzene rings is 2. The zero-order valence-corrected chi connectivity index (χ0v) is 17.6. The van der Waals surface area contributed by atoms with Crippen molar-refractivity contribution in [1.82, 2.24) is 5.32 Å². The Bertz CT molecular complexity index is 974. The minimum absolute atomic E-state index is 0.100. The minimum atomic E-state index is -3.52. The van der Waals surface area contributed by atoms with E-state index >= 15 is 0 Å². The standard InChI is InChI=1S/C22H27FN2O3S/c1-16(18-9-8-17-5-3-6-19(17)15-18)24-22(26)7-4-14-25(29(2,27)28)21-12-10-20(23)11-13-21/h8-13,15-16H,3-7,14H2,1-2H3,(H,24,26)/t16-/m0/s1. The average molecular weight is 419 g/mol. The van der Waals surface area contributed by atoms with Crippen molar-refractivity contribution in [3.8, 4) is 0 Å². The molecular weight excluding hydrogens is 391 g/mol. The predicted octanol–water partition coefficient (Wildman–Crippen LogP) is 3.74. The highest BCUT2D eigenvalue weighted by atomic mass is 32.2. The molecule has 0 aliphatic heterocycles. The summed E-state index contributed by atoms with van der Waals surface area (Å²) in [7, 11) is -3.52. The van der Waals surface area contributed by atoms with Crippen LogP contribution in [-0.2, 0) is 27.7 Å². The Kier molecular flexibility index (Phi) is 6.57. The van der Waals surface area contributed by atoms with Crippen molar-refractivity contribution >= 4 is 21.6 Å². The van der Waals surface area contributed by atoms with E-state index in [2.05, 4.69) is 23.5 Å². The summed E-state index contributed by atoms with van der Waals surface area (Å²) in [6, 6.07) is 11.6. The van der Waals surface area contributed by atoms with E-state index in [4.69, 9.17) is 0 Å². The third-order valence-electron chi connectivity index (χ3n) is 5.28. The maximum atomic E-state index is 13.1. The number of aryl methyl sites for hydroxylation is 2. The molecule has 1 aliphatic rings. The fourth-order valence-corrected chi connectivity index (χ4v) is 4.70.